The molecule has 14 heteroatoms. The van der Waals surface area contributed by atoms with Crippen LogP contribution in [0.1, 0.15) is 12.2 Å². The Morgan fingerprint density at radius 3 is 2.44 bits per heavy atom. The van der Waals surface area contributed by atoms with E-state index >= 15 is 0 Å². The predicted octanol–water partition coefficient (Wildman–Crippen LogP) is 1.88. The van der Waals surface area contributed by atoms with E-state index < -0.39 is 12.2 Å². The number of halogens is 3. The molecule has 0 N–H and O–H groups in total. The van der Waals surface area contributed by atoms with Gasteiger partial charge in [-0.05, 0) is 12.1 Å². The van der Waals surface area contributed by atoms with Crippen molar-refractivity contribution in [3.05, 3.63) is 24.0 Å². The number of hydrogen-bond acceptors (Lipinski definition) is 9. The van der Waals surface area contributed by atoms with E-state index in [1.807, 2.05) is 9.80 Å². The third kappa shape index (κ3) is 4.37. The second-order valence-electron chi connectivity index (χ2n) is 8.47. The molecule has 0 unspecified atom stereocenters. The van der Waals surface area contributed by atoms with Crippen molar-refractivity contribution in [2.45, 2.75) is 12.5 Å². The van der Waals surface area contributed by atoms with Gasteiger partial charge in [-0.3, -0.25) is 9.36 Å². The second-order valence-corrected chi connectivity index (χ2v) is 8.73. The van der Waals surface area contributed by atoms with Crippen LogP contribution in [0.25, 0.3) is 17.0 Å². The summed E-state index contributed by atoms with van der Waals surface area (Å²) in [6.45, 7) is 3.07. The smallest absolute Gasteiger partial charge is 0.296 e. The summed E-state index contributed by atoms with van der Waals surface area (Å²) in [5.41, 5.74) is 0.680. The fraction of sp³-hybridized carbons (Fsp3) is 0.500. The number of carbonyl (C=O) groups is 1. The standard InChI is InChI=1S/C22H25ClF2N8O3/c1-30(16(34)10-23)13-11-32(12-13)21-27-20(31-6-8-36-9-7-31)28-22(29-21)33-14-4-3-5-15(35-2)17(14)26-19(33)18(24)25/h3-5,13,18H,6-12H2,1-2H3. The van der Waals surface area contributed by atoms with Gasteiger partial charge in [-0.25, -0.2) is 13.8 Å². The summed E-state index contributed by atoms with van der Waals surface area (Å²) in [7, 11) is 3.16. The first kappa shape index (κ1) is 24.4. The average molecular weight is 523 g/mol. The van der Waals surface area contributed by atoms with E-state index in [2.05, 4.69) is 19.9 Å². The van der Waals surface area contributed by atoms with E-state index in [1.54, 1.807) is 30.1 Å². The molecular formula is C22H25ClF2N8O3. The van der Waals surface area contributed by atoms with Gasteiger partial charge in [0.25, 0.3) is 6.43 Å². The average Bonchev–Trinajstić information content (AvgIpc) is 3.28. The molecule has 0 bridgehead atoms. The Hall–Kier alpha value is -3.32. The molecule has 11 nitrogen and oxygen atoms in total. The number of rotatable bonds is 7. The minimum Gasteiger partial charge on any atom is -0.494 e. The van der Waals surface area contributed by atoms with Crippen LogP contribution in [-0.4, -0.2) is 101 Å². The molecule has 2 fully saturated rings. The van der Waals surface area contributed by atoms with Crippen molar-refractivity contribution in [2.75, 3.05) is 69.2 Å². The lowest BCUT2D eigenvalue weighted by Crippen LogP contribution is -2.60. The Kier molecular flexibility index (Phi) is 6.75. The van der Waals surface area contributed by atoms with Gasteiger partial charge in [0.15, 0.2) is 5.82 Å². The maximum atomic E-state index is 14.1. The molecule has 3 aromatic rings. The molecule has 36 heavy (non-hydrogen) atoms. The first-order valence-electron chi connectivity index (χ1n) is 11.4. The van der Waals surface area contributed by atoms with Crippen LogP contribution in [0.4, 0.5) is 20.7 Å². The van der Waals surface area contributed by atoms with Crippen molar-refractivity contribution in [1.82, 2.24) is 29.4 Å². The van der Waals surface area contributed by atoms with Gasteiger partial charge in [0, 0.05) is 33.2 Å². The molecule has 0 saturated carbocycles. The fourth-order valence-electron chi connectivity index (χ4n) is 4.26. The summed E-state index contributed by atoms with van der Waals surface area (Å²) in [5.74, 6) is 0.319. The first-order valence-corrected chi connectivity index (χ1v) is 11.9. The Morgan fingerprint density at radius 2 is 1.81 bits per heavy atom. The molecular weight excluding hydrogens is 498 g/mol. The second kappa shape index (κ2) is 9.97. The summed E-state index contributed by atoms with van der Waals surface area (Å²) >= 11 is 5.69. The first-order chi connectivity index (χ1) is 17.4. The van der Waals surface area contributed by atoms with Crippen LogP contribution in [0.3, 0.4) is 0 Å². The number of likely N-dealkylation sites (N-methyl/N-ethyl adjacent to an activating group) is 1. The number of fused-ring (bicyclic) bond motifs is 1. The number of amides is 1. The molecule has 5 rings (SSSR count). The van der Waals surface area contributed by atoms with E-state index in [0.717, 1.165) is 0 Å². The van der Waals surface area contributed by atoms with E-state index in [9.17, 15) is 13.6 Å². The molecule has 2 saturated heterocycles. The van der Waals surface area contributed by atoms with Crippen molar-refractivity contribution >= 4 is 40.4 Å². The number of methoxy groups -OCH3 is 1. The Bertz CT molecular complexity index is 1260. The minimum absolute atomic E-state index is 0.0289. The molecule has 2 aromatic heterocycles. The number of anilines is 2. The number of benzene rings is 1. The molecule has 1 amide bonds. The molecule has 2 aliphatic heterocycles. The van der Waals surface area contributed by atoms with Crippen molar-refractivity contribution in [1.29, 1.82) is 0 Å². The lowest BCUT2D eigenvalue weighted by molar-refractivity contribution is -0.129. The van der Waals surface area contributed by atoms with E-state index in [1.165, 1.54) is 11.7 Å². The van der Waals surface area contributed by atoms with Crippen LogP contribution in [0, 0.1) is 0 Å². The van der Waals surface area contributed by atoms with Crippen molar-refractivity contribution in [2.24, 2.45) is 0 Å². The van der Waals surface area contributed by atoms with Gasteiger partial charge >= 0.3 is 0 Å². The summed E-state index contributed by atoms with van der Waals surface area (Å²) < 4.78 is 40.3. The molecule has 2 aliphatic rings. The number of para-hydroxylation sites is 1. The lowest BCUT2D eigenvalue weighted by Gasteiger charge is -2.44. The number of carbonyl (C=O) groups excluding carboxylic acids is 1. The number of aromatic nitrogens is 5. The number of nitrogens with zero attached hydrogens (tertiary/aromatic N) is 8. The van der Waals surface area contributed by atoms with E-state index in [4.69, 9.17) is 21.1 Å². The quantitative estimate of drug-likeness (QED) is 0.430. The number of ether oxygens (including phenoxy) is 2. The largest absolute Gasteiger partial charge is 0.494 e. The zero-order valence-corrected chi connectivity index (χ0v) is 20.5. The minimum atomic E-state index is -2.88. The monoisotopic (exact) mass is 522 g/mol. The molecule has 0 radical (unpaired) electrons. The Morgan fingerprint density at radius 1 is 1.14 bits per heavy atom. The highest BCUT2D eigenvalue weighted by Crippen LogP contribution is 2.33. The molecule has 1 aromatic carbocycles. The zero-order chi connectivity index (χ0) is 25.4. The molecule has 0 spiro atoms. The summed E-state index contributed by atoms with van der Waals surface area (Å²) in [4.78, 5) is 35.3. The summed E-state index contributed by atoms with van der Waals surface area (Å²) in [6.07, 6.45) is -2.88. The summed E-state index contributed by atoms with van der Waals surface area (Å²) in [5, 5.41) is 0. The molecule has 192 valence electrons. The van der Waals surface area contributed by atoms with Crippen LogP contribution in [0.15, 0.2) is 18.2 Å². The number of alkyl halides is 3. The maximum Gasteiger partial charge on any atom is 0.296 e. The van der Waals surface area contributed by atoms with Gasteiger partial charge in [-0.1, -0.05) is 6.07 Å². The zero-order valence-electron chi connectivity index (χ0n) is 19.8. The fourth-order valence-corrected chi connectivity index (χ4v) is 4.45. The summed E-state index contributed by atoms with van der Waals surface area (Å²) in [6, 6.07) is 4.97. The third-order valence-corrected chi connectivity index (χ3v) is 6.61. The van der Waals surface area contributed by atoms with Gasteiger partial charge in [0.05, 0.1) is 31.9 Å². The normalized spacial score (nSPS) is 16.5. The van der Waals surface area contributed by atoms with Crippen LogP contribution in [-0.2, 0) is 9.53 Å². The number of morpholine rings is 1. The molecule has 0 aliphatic carbocycles. The molecule has 4 heterocycles. The highest BCUT2D eigenvalue weighted by molar-refractivity contribution is 6.27. The highest BCUT2D eigenvalue weighted by atomic mass is 35.5. The van der Waals surface area contributed by atoms with Crippen LogP contribution in [0.2, 0.25) is 0 Å². The van der Waals surface area contributed by atoms with E-state index in [0.29, 0.717) is 62.6 Å². The van der Waals surface area contributed by atoms with Gasteiger partial charge in [-0.15, -0.1) is 11.6 Å². The number of imidazole rings is 1. The van der Waals surface area contributed by atoms with Gasteiger partial charge in [-0.2, -0.15) is 15.0 Å². The SMILES string of the molecule is COc1cccc2c1nc(C(F)F)n2-c1nc(N2CCOCC2)nc(N2CC(N(C)C(=O)CCl)C2)n1. The van der Waals surface area contributed by atoms with E-state index in [-0.39, 0.29) is 29.3 Å². The van der Waals surface area contributed by atoms with Gasteiger partial charge < -0.3 is 24.2 Å². The Balaban J connectivity index is 1.59. The Labute approximate surface area is 210 Å². The van der Waals surface area contributed by atoms with Gasteiger partial charge in [0.2, 0.25) is 23.8 Å². The molecule has 0 atom stereocenters. The van der Waals surface area contributed by atoms with Crippen molar-refractivity contribution in [3.8, 4) is 11.7 Å². The topological polar surface area (TPSA) is 102 Å². The third-order valence-electron chi connectivity index (χ3n) is 6.38. The lowest BCUT2D eigenvalue weighted by atomic mass is 10.1. The van der Waals surface area contributed by atoms with Crippen LogP contribution < -0.4 is 14.5 Å². The maximum absolute atomic E-state index is 14.1. The van der Waals surface area contributed by atoms with Gasteiger partial charge in [0.1, 0.15) is 17.1 Å². The van der Waals surface area contributed by atoms with Crippen LogP contribution >= 0.6 is 11.6 Å². The van der Waals surface area contributed by atoms with Crippen LogP contribution in [0.5, 0.6) is 5.75 Å². The highest BCUT2D eigenvalue weighted by Gasteiger charge is 2.35. The van der Waals surface area contributed by atoms with Crippen molar-refractivity contribution < 1.29 is 23.0 Å². The predicted molar refractivity (Wildman–Crippen MR) is 128 cm³/mol. The van der Waals surface area contributed by atoms with Crippen molar-refractivity contribution in [3.63, 3.8) is 0 Å². The number of hydrogen-bond donors (Lipinski definition) is 0.